The lowest BCUT2D eigenvalue weighted by molar-refractivity contribution is -0.143. The lowest BCUT2D eigenvalue weighted by atomic mass is 9.92. The van der Waals surface area contributed by atoms with Crippen molar-refractivity contribution in [1.82, 2.24) is 21.3 Å². The van der Waals surface area contributed by atoms with Crippen LogP contribution in [-0.2, 0) is 30.4 Å². The van der Waals surface area contributed by atoms with Crippen molar-refractivity contribution in [3.05, 3.63) is 59.1 Å². The Morgan fingerprint density at radius 3 is 1.78 bits per heavy atom. The van der Waals surface area contributed by atoms with Crippen LogP contribution in [0.3, 0.4) is 0 Å². The molecule has 0 radical (unpaired) electrons. The molecule has 15 heteroatoms. The number of carboxylic acids is 2. The van der Waals surface area contributed by atoms with Crippen LogP contribution in [0.2, 0.25) is 5.02 Å². The number of rotatable bonds is 18. The van der Waals surface area contributed by atoms with Gasteiger partial charge < -0.3 is 42.1 Å². The lowest BCUT2D eigenvalue weighted by Crippen LogP contribution is -2.53. The third-order valence-electron chi connectivity index (χ3n) is 6.93. The Morgan fingerprint density at radius 2 is 1.27 bits per heavy atom. The Kier molecular flexibility index (Phi) is 16.0. The predicted molar refractivity (Wildman–Crippen MR) is 186 cm³/mol. The number of nitrogens with one attached hydrogen (secondary N) is 6. The second-order valence-electron chi connectivity index (χ2n) is 13.3. The van der Waals surface area contributed by atoms with Crippen molar-refractivity contribution >= 4 is 58.7 Å². The molecule has 0 bridgehead atoms. The Balaban J connectivity index is 1.91. The van der Waals surface area contributed by atoms with Crippen LogP contribution in [0.15, 0.2) is 48.5 Å². The smallest absolute Gasteiger partial charge is 0.327 e. The highest BCUT2D eigenvalue weighted by Crippen LogP contribution is 2.18. The molecule has 49 heavy (non-hydrogen) atoms. The molecule has 2 aromatic carbocycles. The molecule has 3 unspecified atom stereocenters. The van der Waals surface area contributed by atoms with Crippen molar-refractivity contribution < 1.29 is 39.0 Å². The van der Waals surface area contributed by atoms with Gasteiger partial charge in [-0.1, -0.05) is 58.4 Å². The molecule has 0 fully saturated rings. The number of carbonyl (C=O) groups excluding carboxylic acids is 4. The van der Waals surface area contributed by atoms with Gasteiger partial charge in [0.15, 0.2) is 0 Å². The Morgan fingerprint density at radius 1 is 0.735 bits per heavy atom. The summed E-state index contributed by atoms with van der Waals surface area (Å²) in [6.07, 6.45) is 0.239. The average molecular weight is 703 g/mol. The van der Waals surface area contributed by atoms with E-state index in [1.54, 1.807) is 48.5 Å². The fourth-order valence-electron chi connectivity index (χ4n) is 4.62. The summed E-state index contributed by atoms with van der Waals surface area (Å²) in [4.78, 5) is 74.1. The second kappa shape index (κ2) is 19.3. The SMILES string of the molecule is CC(C)CC(NC(=O)Cc1ccc(NC(=O)Nc2ccc(Cl)cc2)cc1)C(=O)NC(CCNCC(NC(=O)CC(C)(C)C)C(=O)O)C(=O)O. The molecule has 0 heterocycles. The van der Waals surface area contributed by atoms with Gasteiger partial charge in [0.05, 0.1) is 6.42 Å². The molecule has 0 aliphatic carbocycles. The van der Waals surface area contributed by atoms with Crippen LogP contribution < -0.4 is 31.9 Å². The number of halogens is 1. The van der Waals surface area contributed by atoms with Gasteiger partial charge in [-0.05, 0) is 72.7 Å². The van der Waals surface area contributed by atoms with Gasteiger partial charge in [-0.25, -0.2) is 14.4 Å². The third-order valence-corrected chi connectivity index (χ3v) is 7.19. The van der Waals surface area contributed by atoms with E-state index in [0.29, 0.717) is 22.0 Å². The molecule has 0 aliphatic heterocycles. The zero-order chi connectivity index (χ0) is 36.7. The molecule has 3 atom stereocenters. The number of benzene rings is 2. The van der Waals surface area contributed by atoms with Crippen LogP contribution in [0.4, 0.5) is 16.2 Å². The summed E-state index contributed by atoms with van der Waals surface area (Å²) in [5, 5.41) is 35.6. The quantitative estimate of drug-likeness (QED) is 0.106. The number of aliphatic carboxylic acids is 2. The highest BCUT2D eigenvalue weighted by atomic mass is 35.5. The molecule has 268 valence electrons. The summed E-state index contributed by atoms with van der Waals surface area (Å²) in [5.41, 5.74) is 1.34. The van der Waals surface area contributed by atoms with Gasteiger partial charge in [-0.3, -0.25) is 14.4 Å². The summed E-state index contributed by atoms with van der Waals surface area (Å²) >= 11 is 5.86. The average Bonchev–Trinajstić information content (AvgIpc) is 2.98. The second-order valence-corrected chi connectivity index (χ2v) is 13.7. The molecule has 2 aromatic rings. The topological polar surface area (TPSA) is 215 Å². The first-order chi connectivity index (χ1) is 22.9. The molecule has 0 spiro atoms. The lowest BCUT2D eigenvalue weighted by Gasteiger charge is -2.23. The van der Waals surface area contributed by atoms with Crippen molar-refractivity contribution in [3.63, 3.8) is 0 Å². The summed E-state index contributed by atoms with van der Waals surface area (Å²) in [7, 11) is 0. The van der Waals surface area contributed by atoms with Gasteiger partial charge >= 0.3 is 18.0 Å². The maximum Gasteiger partial charge on any atom is 0.327 e. The van der Waals surface area contributed by atoms with E-state index in [1.165, 1.54) is 0 Å². The molecule has 0 aromatic heterocycles. The molecule has 2 rings (SSSR count). The molecule has 0 saturated carbocycles. The van der Waals surface area contributed by atoms with Crippen LogP contribution >= 0.6 is 11.6 Å². The first-order valence-electron chi connectivity index (χ1n) is 15.9. The number of amides is 5. The normalized spacial score (nSPS) is 13.0. The van der Waals surface area contributed by atoms with Crippen LogP contribution in [0.5, 0.6) is 0 Å². The number of carboxylic acid groups (broad SMARTS) is 2. The molecular formula is C34H47ClN6O8. The van der Waals surface area contributed by atoms with Crippen molar-refractivity contribution in [1.29, 1.82) is 0 Å². The van der Waals surface area contributed by atoms with Crippen molar-refractivity contribution in [2.24, 2.45) is 11.3 Å². The van der Waals surface area contributed by atoms with E-state index in [2.05, 4.69) is 31.9 Å². The van der Waals surface area contributed by atoms with Crippen LogP contribution in [0, 0.1) is 11.3 Å². The number of urea groups is 1. The Labute approximate surface area is 291 Å². The predicted octanol–water partition coefficient (Wildman–Crippen LogP) is 3.61. The van der Waals surface area contributed by atoms with E-state index < -0.39 is 53.8 Å². The molecule has 5 amide bonds. The maximum absolute atomic E-state index is 13.2. The van der Waals surface area contributed by atoms with Crippen molar-refractivity contribution in [3.8, 4) is 0 Å². The number of carbonyl (C=O) groups is 6. The van der Waals surface area contributed by atoms with E-state index in [1.807, 2.05) is 34.6 Å². The fraction of sp³-hybridized carbons (Fsp3) is 0.471. The maximum atomic E-state index is 13.2. The monoisotopic (exact) mass is 702 g/mol. The van der Waals surface area contributed by atoms with Crippen molar-refractivity contribution in [2.75, 3.05) is 23.7 Å². The zero-order valence-electron chi connectivity index (χ0n) is 28.4. The minimum absolute atomic E-state index is 0.00758. The number of hydrogen-bond donors (Lipinski definition) is 8. The first-order valence-corrected chi connectivity index (χ1v) is 16.3. The Hall–Kier alpha value is -4.69. The standard InChI is InChI=1S/C34H47ClN6O8/c1-20(2)16-26(30(44)41-25(31(45)46)14-15-36-19-27(32(47)48)40-29(43)18-34(3,4)5)39-28(42)17-21-6-10-23(11-7-21)37-33(49)38-24-12-8-22(35)9-13-24/h6-13,20,25-27,36H,14-19H2,1-5H3,(H,39,42)(H,40,43)(H,41,44)(H,45,46)(H,47,48)(H2,37,38,49). The van der Waals surface area contributed by atoms with E-state index >= 15 is 0 Å². The highest BCUT2D eigenvalue weighted by molar-refractivity contribution is 6.30. The molecule has 0 aliphatic rings. The fourth-order valence-corrected chi connectivity index (χ4v) is 4.74. The molecule has 0 saturated heterocycles. The van der Waals surface area contributed by atoms with Crippen LogP contribution in [0.25, 0.3) is 0 Å². The zero-order valence-corrected chi connectivity index (χ0v) is 29.1. The molecule has 14 nitrogen and oxygen atoms in total. The summed E-state index contributed by atoms with van der Waals surface area (Å²) in [6, 6.07) is 9.20. The Bertz CT molecular complexity index is 1440. The molecular weight excluding hydrogens is 656 g/mol. The van der Waals surface area contributed by atoms with Crippen LogP contribution in [0.1, 0.15) is 59.4 Å². The van der Waals surface area contributed by atoms with Gasteiger partial charge in [0.1, 0.15) is 18.1 Å². The van der Waals surface area contributed by atoms with Gasteiger partial charge in [0, 0.05) is 29.4 Å². The third kappa shape index (κ3) is 16.3. The highest BCUT2D eigenvalue weighted by Gasteiger charge is 2.28. The minimum atomic E-state index is -1.32. The summed E-state index contributed by atoms with van der Waals surface area (Å²) in [5.74, 6) is -4.09. The van der Waals surface area contributed by atoms with Crippen molar-refractivity contribution in [2.45, 2.75) is 78.4 Å². The van der Waals surface area contributed by atoms with Gasteiger partial charge in [0.25, 0.3) is 0 Å². The number of hydrogen-bond acceptors (Lipinski definition) is 7. The van der Waals surface area contributed by atoms with Crippen LogP contribution in [-0.4, -0.2) is 77.1 Å². The van der Waals surface area contributed by atoms with E-state index in [9.17, 15) is 39.0 Å². The number of anilines is 2. The van der Waals surface area contributed by atoms with Gasteiger partial charge in [-0.2, -0.15) is 0 Å². The van der Waals surface area contributed by atoms with E-state index in [4.69, 9.17) is 11.6 Å². The minimum Gasteiger partial charge on any atom is -0.480 e. The van der Waals surface area contributed by atoms with E-state index in [0.717, 1.165) is 0 Å². The summed E-state index contributed by atoms with van der Waals surface area (Å²) < 4.78 is 0. The first kappa shape index (κ1) is 40.5. The van der Waals surface area contributed by atoms with Gasteiger partial charge in [-0.15, -0.1) is 0 Å². The van der Waals surface area contributed by atoms with Gasteiger partial charge in [0.2, 0.25) is 17.7 Å². The van der Waals surface area contributed by atoms with E-state index in [-0.39, 0.29) is 50.1 Å². The summed E-state index contributed by atoms with van der Waals surface area (Å²) in [6.45, 7) is 9.16. The molecule has 8 N–H and O–H groups in total. The largest absolute Gasteiger partial charge is 0.480 e.